The minimum absolute atomic E-state index is 0.208. The van der Waals surface area contributed by atoms with Crippen molar-refractivity contribution < 1.29 is 19.1 Å². The van der Waals surface area contributed by atoms with Gasteiger partial charge in [-0.2, -0.15) is 0 Å². The van der Waals surface area contributed by atoms with Gasteiger partial charge in [0.05, 0.1) is 27.9 Å². The maximum atomic E-state index is 12.1. The molecule has 25 heavy (non-hydrogen) atoms. The third kappa shape index (κ3) is 5.45. The van der Waals surface area contributed by atoms with E-state index in [1.807, 2.05) is 0 Å². The minimum Gasteiger partial charge on any atom is -0.496 e. The lowest BCUT2D eigenvalue weighted by Gasteiger charge is -2.11. The number of amides is 3. The van der Waals surface area contributed by atoms with E-state index in [-0.39, 0.29) is 23.8 Å². The van der Waals surface area contributed by atoms with Gasteiger partial charge in [0.15, 0.2) is 0 Å². The number of thiophene rings is 1. The zero-order chi connectivity index (χ0) is 18.4. The van der Waals surface area contributed by atoms with Crippen molar-refractivity contribution in [1.29, 1.82) is 0 Å². The lowest BCUT2D eigenvalue weighted by molar-refractivity contribution is -0.120. The summed E-state index contributed by atoms with van der Waals surface area (Å²) in [7, 11) is 1.40. The number of rotatable bonds is 5. The highest BCUT2D eigenvalue weighted by molar-refractivity contribution is 9.11. The van der Waals surface area contributed by atoms with Crippen LogP contribution in [0.25, 0.3) is 0 Å². The van der Waals surface area contributed by atoms with E-state index in [4.69, 9.17) is 16.3 Å². The number of nitrogens with one attached hydrogen (secondary N) is 3. The number of hydrogen-bond acceptors (Lipinski definition) is 5. The Morgan fingerprint density at radius 1 is 1.16 bits per heavy atom. The normalized spacial score (nSPS) is 10.0. The molecule has 7 nitrogen and oxygen atoms in total. The van der Waals surface area contributed by atoms with Crippen LogP contribution in [0.5, 0.6) is 5.75 Å². The third-order valence-electron chi connectivity index (χ3n) is 2.93. The van der Waals surface area contributed by atoms with Crippen LogP contribution in [-0.2, 0) is 4.79 Å². The number of methoxy groups -OCH3 is 1. The van der Waals surface area contributed by atoms with Crippen molar-refractivity contribution in [3.05, 3.63) is 49.6 Å². The summed E-state index contributed by atoms with van der Waals surface area (Å²) in [5.41, 5.74) is 4.66. The monoisotopic (exact) mass is 445 g/mol. The van der Waals surface area contributed by atoms with Gasteiger partial charge in [0, 0.05) is 5.02 Å². The van der Waals surface area contributed by atoms with Gasteiger partial charge in [-0.3, -0.25) is 25.2 Å². The van der Waals surface area contributed by atoms with E-state index in [1.54, 1.807) is 12.1 Å². The van der Waals surface area contributed by atoms with Gasteiger partial charge >= 0.3 is 0 Å². The quantitative estimate of drug-likeness (QED) is 0.614. The highest BCUT2D eigenvalue weighted by atomic mass is 79.9. The molecule has 3 amide bonds. The lowest BCUT2D eigenvalue weighted by Crippen LogP contribution is -2.46. The summed E-state index contributed by atoms with van der Waals surface area (Å²) < 4.78 is 5.88. The molecule has 0 aliphatic rings. The number of benzene rings is 1. The predicted octanol–water partition coefficient (Wildman–Crippen LogP) is 2.36. The molecular weight excluding hydrogens is 434 g/mol. The highest BCUT2D eigenvalue weighted by Crippen LogP contribution is 2.23. The second-order valence-corrected chi connectivity index (χ2v) is 7.53. The van der Waals surface area contributed by atoms with Crippen molar-refractivity contribution in [3.63, 3.8) is 0 Å². The molecule has 3 N–H and O–H groups in total. The minimum atomic E-state index is -0.578. The van der Waals surface area contributed by atoms with Crippen molar-refractivity contribution in [2.45, 2.75) is 0 Å². The van der Waals surface area contributed by atoms with E-state index in [9.17, 15) is 14.4 Å². The summed E-state index contributed by atoms with van der Waals surface area (Å²) in [6, 6.07) is 7.85. The van der Waals surface area contributed by atoms with Crippen LogP contribution >= 0.6 is 38.9 Å². The Labute approximate surface area is 160 Å². The Bertz CT molecular complexity index is 812. The molecule has 0 saturated carbocycles. The van der Waals surface area contributed by atoms with Gasteiger partial charge in [-0.15, -0.1) is 11.3 Å². The summed E-state index contributed by atoms with van der Waals surface area (Å²) in [5, 5.41) is 2.87. The maximum absolute atomic E-state index is 12.1. The second kappa shape index (κ2) is 8.84. The highest BCUT2D eigenvalue weighted by Gasteiger charge is 2.14. The second-order valence-electron chi connectivity index (χ2n) is 4.63. The molecule has 2 rings (SSSR count). The van der Waals surface area contributed by atoms with Gasteiger partial charge in [-0.1, -0.05) is 11.6 Å². The fourth-order valence-electron chi connectivity index (χ4n) is 1.77. The molecule has 1 aromatic carbocycles. The summed E-state index contributed by atoms with van der Waals surface area (Å²) in [5.74, 6) is -1.26. The van der Waals surface area contributed by atoms with Crippen LogP contribution in [0.15, 0.2) is 34.1 Å². The SMILES string of the molecule is COc1cc(Cl)ccc1C(=O)NNC(=O)CNC(=O)c1ccc(Br)s1. The molecule has 0 aliphatic heterocycles. The Morgan fingerprint density at radius 2 is 1.92 bits per heavy atom. The largest absolute Gasteiger partial charge is 0.496 e. The van der Waals surface area contributed by atoms with Crippen molar-refractivity contribution in [2.75, 3.05) is 13.7 Å². The topological polar surface area (TPSA) is 96.5 Å². The first-order chi connectivity index (χ1) is 11.9. The van der Waals surface area contributed by atoms with Crippen LogP contribution in [0.3, 0.4) is 0 Å². The average molecular weight is 447 g/mol. The van der Waals surface area contributed by atoms with Gasteiger partial charge in [0.1, 0.15) is 5.75 Å². The van der Waals surface area contributed by atoms with Crippen molar-refractivity contribution >= 4 is 56.6 Å². The molecule has 0 saturated heterocycles. The van der Waals surface area contributed by atoms with Crippen LogP contribution < -0.4 is 20.9 Å². The van der Waals surface area contributed by atoms with Gasteiger partial charge in [-0.25, -0.2) is 0 Å². The first kappa shape index (κ1) is 19.2. The lowest BCUT2D eigenvalue weighted by atomic mass is 10.2. The molecule has 2 aromatic rings. The Morgan fingerprint density at radius 3 is 2.56 bits per heavy atom. The third-order valence-corrected chi connectivity index (χ3v) is 4.79. The molecule has 0 spiro atoms. The van der Waals surface area contributed by atoms with E-state index >= 15 is 0 Å². The number of hydrazine groups is 1. The molecule has 0 bridgehead atoms. The van der Waals surface area contributed by atoms with Crippen LogP contribution in [0.2, 0.25) is 5.02 Å². The summed E-state index contributed by atoms with van der Waals surface area (Å²) in [4.78, 5) is 36.1. The summed E-state index contributed by atoms with van der Waals surface area (Å²) >= 11 is 10.3. The fourth-order valence-corrected chi connectivity index (χ4v) is 3.24. The number of carbonyl (C=O) groups is 3. The van der Waals surface area contributed by atoms with Gasteiger partial charge in [0.25, 0.3) is 17.7 Å². The Hall–Kier alpha value is -2.10. The van der Waals surface area contributed by atoms with Crippen LogP contribution in [0.1, 0.15) is 20.0 Å². The molecule has 0 fully saturated rings. The number of halogens is 2. The molecule has 132 valence electrons. The maximum Gasteiger partial charge on any atom is 0.273 e. The molecule has 1 aromatic heterocycles. The molecule has 0 atom stereocenters. The molecule has 0 aliphatic carbocycles. The number of ether oxygens (including phenoxy) is 1. The first-order valence-electron chi connectivity index (χ1n) is 6.87. The predicted molar refractivity (Wildman–Crippen MR) is 98.0 cm³/mol. The molecule has 10 heteroatoms. The molecular formula is C15H13BrClN3O4S. The van der Waals surface area contributed by atoms with E-state index < -0.39 is 11.8 Å². The van der Waals surface area contributed by atoms with Crippen LogP contribution in [0.4, 0.5) is 0 Å². The standard InChI is InChI=1S/C15H13BrClN3O4S/c1-24-10-6-8(17)2-3-9(10)14(22)20-19-13(21)7-18-15(23)11-4-5-12(16)25-11/h2-6H,7H2,1H3,(H,18,23)(H,19,21)(H,20,22). The van der Waals surface area contributed by atoms with E-state index in [2.05, 4.69) is 32.1 Å². The number of carbonyl (C=O) groups excluding carboxylic acids is 3. The van der Waals surface area contributed by atoms with Crippen LogP contribution in [0, 0.1) is 0 Å². The van der Waals surface area contributed by atoms with E-state index in [0.29, 0.717) is 9.90 Å². The Balaban J connectivity index is 1.83. The smallest absolute Gasteiger partial charge is 0.273 e. The van der Waals surface area contributed by atoms with Crippen molar-refractivity contribution in [2.24, 2.45) is 0 Å². The van der Waals surface area contributed by atoms with Crippen LogP contribution in [-0.4, -0.2) is 31.4 Å². The van der Waals surface area contributed by atoms with Crippen molar-refractivity contribution in [1.82, 2.24) is 16.2 Å². The van der Waals surface area contributed by atoms with Gasteiger partial charge in [-0.05, 0) is 46.3 Å². The summed E-state index contributed by atoms with van der Waals surface area (Å²) in [6.07, 6.45) is 0. The average Bonchev–Trinajstić information content (AvgIpc) is 3.03. The molecule has 0 unspecified atom stereocenters. The van der Waals surface area contributed by atoms with Crippen molar-refractivity contribution in [3.8, 4) is 5.75 Å². The fraction of sp³-hybridized carbons (Fsp3) is 0.133. The Kier molecular flexibility index (Phi) is 6.80. The molecule has 0 radical (unpaired) electrons. The zero-order valence-corrected chi connectivity index (χ0v) is 16.0. The summed E-state index contributed by atoms with van der Waals surface area (Å²) in [6.45, 7) is -0.285. The van der Waals surface area contributed by atoms with E-state index in [0.717, 1.165) is 3.79 Å². The number of hydrogen-bond donors (Lipinski definition) is 3. The van der Waals surface area contributed by atoms with Gasteiger partial charge in [0.2, 0.25) is 0 Å². The van der Waals surface area contributed by atoms with E-state index in [1.165, 1.54) is 36.6 Å². The molecule has 1 heterocycles. The van der Waals surface area contributed by atoms with Gasteiger partial charge < -0.3 is 10.1 Å². The first-order valence-corrected chi connectivity index (χ1v) is 8.85. The zero-order valence-electron chi connectivity index (χ0n) is 12.9.